The number of carbonyl (C=O) groups is 1. The van der Waals surface area contributed by atoms with Gasteiger partial charge in [0, 0.05) is 6.54 Å². The van der Waals surface area contributed by atoms with Crippen molar-refractivity contribution in [2.24, 2.45) is 0 Å². The Morgan fingerprint density at radius 1 is 1.53 bits per heavy atom. The number of hydrogen-bond acceptors (Lipinski definition) is 3. The molecule has 0 atom stereocenters. The summed E-state index contributed by atoms with van der Waals surface area (Å²) in [7, 11) is 1.34. The van der Waals surface area contributed by atoms with Gasteiger partial charge in [0.15, 0.2) is 0 Å². The Bertz CT molecular complexity index is 352. The molecule has 0 unspecified atom stereocenters. The van der Waals surface area contributed by atoms with E-state index in [1.165, 1.54) is 19.2 Å². The molecule has 0 aromatic heterocycles. The Morgan fingerprint density at radius 2 is 2.27 bits per heavy atom. The summed E-state index contributed by atoms with van der Waals surface area (Å²) < 4.78 is 17.2. The third-order valence-corrected chi connectivity index (χ3v) is 2.12. The number of esters is 1. The second-order valence-corrected chi connectivity index (χ2v) is 3.25. The van der Waals surface area contributed by atoms with E-state index in [-0.39, 0.29) is 18.3 Å². The summed E-state index contributed by atoms with van der Waals surface area (Å²) in [6.07, 6.45) is 0. The average molecular weight is 211 g/mol. The minimum Gasteiger partial charge on any atom is -0.468 e. The summed E-state index contributed by atoms with van der Waals surface area (Å²) in [5.74, 6) is -0.556. The standard InChI is InChI=1S/C11H14FNO2/c1-8-5-10(12)4-3-9(8)6-13-7-11(14)15-2/h3-5,13H,6-7H2,1-2H3. The molecule has 1 aromatic rings. The molecule has 0 bridgehead atoms. The van der Waals surface area contributed by atoms with Gasteiger partial charge in [0.25, 0.3) is 0 Å². The van der Waals surface area contributed by atoms with Crippen molar-refractivity contribution >= 4 is 5.97 Å². The van der Waals surface area contributed by atoms with Crippen molar-refractivity contribution in [3.63, 3.8) is 0 Å². The first-order chi connectivity index (χ1) is 7.13. The lowest BCUT2D eigenvalue weighted by Gasteiger charge is -2.06. The van der Waals surface area contributed by atoms with Crippen LogP contribution in [0.15, 0.2) is 18.2 Å². The van der Waals surface area contributed by atoms with Gasteiger partial charge in [0.2, 0.25) is 0 Å². The van der Waals surface area contributed by atoms with Crippen LogP contribution >= 0.6 is 0 Å². The average Bonchev–Trinajstić information content (AvgIpc) is 2.21. The lowest BCUT2D eigenvalue weighted by Crippen LogP contribution is -2.23. The maximum absolute atomic E-state index is 12.8. The second kappa shape index (κ2) is 5.46. The lowest BCUT2D eigenvalue weighted by molar-refractivity contribution is -0.139. The molecule has 0 radical (unpaired) electrons. The number of hydrogen-bond donors (Lipinski definition) is 1. The molecule has 4 heteroatoms. The van der Waals surface area contributed by atoms with Gasteiger partial charge in [-0.1, -0.05) is 6.07 Å². The van der Waals surface area contributed by atoms with Crippen molar-refractivity contribution in [3.8, 4) is 0 Å². The van der Waals surface area contributed by atoms with Crippen molar-refractivity contribution in [3.05, 3.63) is 35.1 Å². The quantitative estimate of drug-likeness (QED) is 0.765. The number of benzene rings is 1. The van der Waals surface area contributed by atoms with Crippen LogP contribution < -0.4 is 5.32 Å². The van der Waals surface area contributed by atoms with E-state index >= 15 is 0 Å². The highest BCUT2D eigenvalue weighted by atomic mass is 19.1. The van der Waals surface area contributed by atoms with Gasteiger partial charge in [-0.15, -0.1) is 0 Å². The third kappa shape index (κ3) is 3.67. The first kappa shape index (κ1) is 11.7. The van der Waals surface area contributed by atoms with Gasteiger partial charge in [-0.25, -0.2) is 4.39 Å². The van der Waals surface area contributed by atoms with E-state index < -0.39 is 0 Å². The van der Waals surface area contributed by atoms with Crippen LogP contribution in [-0.4, -0.2) is 19.6 Å². The van der Waals surface area contributed by atoms with Gasteiger partial charge in [0.1, 0.15) is 5.82 Å². The van der Waals surface area contributed by atoms with Crippen LogP contribution in [0, 0.1) is 12.7 Å². The Balaban J connectivity index is 2.47. The zero-order valence-corrected chi connectivity index (χ0v) is 8.84. The maximum Gasteiger partial charge on any atom is 0.319 e. The molecular weight excluding hydrogens is 197 g/mol. The molecule has 0 saturated heterocycles. The molecule has 0 aliphatic carbocycles. The van der Waals surface area contributed by atoms with E-state index in [1.807, 2.05) is 6.92 Å². The van der Waals surface area contributed by atoms with E-state index in [0.29, 0.717) is 6.54 Å². The van der Waals surface area contributed by atoms with Gasteiger partial charge in [0.05, 0.1) is 13.7 Å². The highest BCUT2D eigenvalue weighted by Crippen LogP contribution is 2.09. The first-order valence-corrected chi connectivity index (χ1v) is 4.66. The van der Waals surface area contributed by atoms with Crippen molar-refractivity contribution < 1.29 is 13.9 Å². The summed E-state index contributed by atoms with van der Waals surface area (Å²) in [6.45, 7) is 2.52. The predicted molar refractivity (Wildman–Crippen MR) is 54.9 cm³/mol. The largest absolute Gasteiger partial charge is 0.468 e. The number of halogens is 1. The molecule has 0 aliphatic heterocycles. The fourth-order valence-corrected chi connectivity index (χ4v) is 1.23. The summed E-state index contributed by atoms with van der Waals surface area (Å²) in [5, 5.41) is 2.92. The van der Waals surface area contributed by atoms with Crippen LogP contribution in [0.1, 0.15) is 11.1 Å². The van der Waals surface area contributed by atoms with E-state index in [2.05, 4.69) is 10.1 Å². The smallest absolute Gasteiger partial charge is 0.319 e. The van der Waals surface area contributed by atoms with E-state index in [9.17, 15) is 9.18 Å². The van der Waals surface area contributed by atoms with Gasteiger partial charge in [-0.05, 0) is 30.2 Å². The number of aryl methyl sites for hydroxylation is 1. The number of rotatable bonds is 4. The molecule has 1 aromatic carbocycles. The first-order valence-electron chi connectivity index (χ1n) is 4.66. The molecule has 0 spiro atoms. The summed E-state index contributed by atoms with van der Waals surface area (Å²) in [6, 6.07) is 4.58. The zero-order chi connectivity index (χ0) is 11.3. The summed E-state index contributed by atoms with van der Waals surface area (Å²) in [4.78, 5) is 10.8. The topological polar surface area (TPSA) is 38.3 Å². The molecule has 1 rings (SSSR count). The van der Waals surface area contributed by atoms with Crippen molar-refractivity contribution in [2.45, 2.75) is 13.5 Å². The van der Waals surface area contributed by atoms with Gasteiger partial charge in [-0.2, -0.15) is 0 Å². The molecular formula is C11H14FNO2. The van der Waals surface area contributed by atoms with Crippen LogP contribution in [0.5, 0.6) is 0 Å². The predicted octanol–water partition coefficient (Wildman–Crippen LogP) is 1.40. The highest BCUT2D eigenvalue weighted by Gasteiger charge is 2.02. The van der Waals surface area contributed by atoms with Gasteiger partial charge in [-0.3, -0.25) is 4.79 Å². The normalized spacial score (nSPS) is 10.1. The van der Waals surface area contributed by atoms with E-state index in [0.717, 1.165) is 11.1 Å². The molecule has 0 saturated carbocycles. The van der Waals surface area contributed by atoms with Crippen LogP contribution in [-0.2, 0) is 16.1 Å². The lowest BCUT2D eigenvalue weighted by atomic mass is 10.1. The second-order valence-electron chi connectivity index (χ2n) is 3.25. The zero-order valence-electron chi connectivity index (χ0n) is 8.84. The number of carbonyl (C=O) groups excluding carboxylic acids is 1. The fourth-order valence-electron chi connectivity index (χ4n) is 1.23. The minimum atomic E-state index is -0.310. The minimum absolute atomic E-state index is 0.160. The number of ether oxygens (including phenoxy) is 1. The fraction of sp³-hybridized carbons (Fsp3) is 0.364. The molecule has 3 nitrogen and oxygen atoms in total. The Hall–Kier alpha value is -1.42. The van der Waals surface area contributed by atoms with Gasteiger partial charge >= 0.3 is 5.97 Å². The molecule has 0 amide bonds. The molecule has 0 aliphatic rings. The van der Waals surface area contributed by atoms with Crippen molar-refractivity contribution in [1.82, 2.24) is 5.32 Å². The summed E-state index contributed by atoms with van der Waals surface area (Å²) in [5.41, 5.74) is 1.84. The molecule has 1 N–H and O–H groups in total. The molecule has 82 valence electrons. The van der Waals surface area contributed by atoms with Crippen LogP contribution in [0.3, 0.4) is 0 Å². The van der Waals surface area contributed by atoms with E-state index in [1.54, 1.807) is 6.07 Å². The van der Waals surface area contributed by atoms with E-state index in [4.69, 9.17) is 0 Å². The monoisotopic (exact) mass is 211 g/mol. The number of methoxy groups -OCH3 is 1. The molecule has 0 heterocycles. The van der Waals surface area contributed by atoms with Crippen molar-refractivity contribution in [1.29, 1.82) is 0 Å². The Kier molecular flexibility index (Phi) is 4.24. The Morgan fingerprint density at radius 3 is 2.87 bits per heavy atom. The van der Waals surface area contributed by atoms with Crippen molar-refractivity contribution in [2.75, 3.05) is 13.7 Å². The summed E-state index contributed by atoms with van der Waals surface area (Å²) >= 11 is 0. The molecule has 15 heavy (non-hydrogen) atoms. The van der Waals surface area contributed by atoms with Crippen LogP contribution in [0.25, 0.3) is 0 Å². The number of nitrogens with one attached hydrogen (secondary N) is 1. The third-order valence-electron chi connectivity index (χ3n) is 2.12. The maximum atomic E-state index is 12.8. The highest BCUT2D eigenvalue weighted by molar-refractivity contribution is 5.71. The Labute approximate surface area is 88.2 Å². The molecule has 0 fully saturated rings. The van der Waals surface area contributed by atoms with Crippen LogP contribution in [0.4, 0.5) is 4.39 Å². The van der Waals surface area contributed by atoms with Gasteiger partial charge < -0.3 is 10.1 Å². The van der Waals surface area contributed by atoms with Crippen LogP contribution in [0.2, 0.25) is 0 Å². The SMILES string of the molecule is COC(=O)CNCc1ccc(F)cc1C.